The van der Waals surface area contributed by atoms with E-state index >= 15 is 0 Å². The van der Waals surface area contributed by atoms with Crippen molar-refractivity contribution in [1.29, 1.82) is 0 Å². The maximum Gasteiger partial charge on any atom is 0.522 e. The van der Waals surface area contributed by atoms with Gasteiger partial charge in [0.1, 0.15) is 5.58 Å². The van der Waals surface area contributed by atoms with Gasteiger partial charge >= 0.3 is 21.3 Å². The van der Waals surface area contributed by atoms with Gasteiger partial charge in [0.05, 0.1) is 0 Å². The zero-order valence-corrected chi connectivity index (χ0v) is 11.2. The van der Waals surface area contributed by atoms with Crippen LogP contribution in [0, 0.1) is 0 Å². The van der Waals surface area contributed by atoms with Crippen molar-refractivity contribution >= 4 is 33.7 Å². The molecule has 2 rings (SSSR count). The summed E-state index contributed by atoms with van der Waals surface area (Å²) in [7, 11) is -5.84. The number of alkyl halides is 3. The van der Waals surface area contributed by atoms with Crippen LogP contribution in [-0.2, 0) is 10.1 Å². The first-order valence-corrected chi connectivity index (χ1v) is 6.66. The Hall–Kier alpha value is -1.52. The van der Waals surface area contributed by atoms with Crippen molar-refractivity contribution in [2.24, 2.45) is 0 Å². The molecule has 1 aromatic heterocycles. The van der Waals surface area contributed by atoms with Gasteiger partial charge in [-0.1, -0.05) is 6.07 Å². The molecule has 0 atom stereocenters. The quantitative estimate of drug-likeness (QED) is 0.336. The van der Waals surface area contributed by atoms with E-state index in [1.165, 1.54) is 6.07 Å². The number of fused-ring (bicyclic) bond motifs is 1. The molecule has 0 aliphatic heterocycles. The number of halogens is 3. The molecular formula is C10H7F3O5S2. The highest BCUT2D eigenvalue weighted by Crippen LogP contribution is 2.20. The summed E-state index contributed by atoms with van der Waals surface area (Å²) in [6, 6.07) is 8.57. The predicted molar refractivity (Wildman–Crippen MR) is 67.3 cm³/mol. The predicted octanol–water partition coefficient (Wildman–Crippen LogP) is 2.48. The Labute approximate surface area is 116 Å². The van der Waals surface area contributed by atoms with E-state index in [2.05, 4.69) is 12.6 Å². The van der Waals surface area contributed by atoms with E-state index in [9.17, 15) is 18.0 Å². The lowest BCUT2D eigenvalue weighted by molar-refractivity contribution is -0.0510. The second kappa shape index (κ2) is 5.85. The lowest BCUT2D eigenvalue weighted by Crippen LogP contribution is -2.21. The number of thiol groups is 1. The molecule has 0 saturated heterocycles. The van der Waals surface area contributed by atoms with Crippen LogP contribution in [0.5, 0.6) is 0 Å². The molecule has 0 radical (unpaired) electrons. The third kappa shape index (κ3) is 4.54. The Morgan fingerprint density at radius 1 is 1.15 bits per heavy atom. The first-order valence-electron chi connectivity index (χ1n) is 4.77. The molecule has 1 heterocycles. The molecule has 0 fully saturated rings. The molecule has 0 amide bonds. The third-order valence-electron chi connectivity index (χ3n) is 1.90. The summed E-state index contributed by atoms with van der Waals surface area (Å²) < 4.78 is 62.5. The Kier molecular flexibility index (Phi) is 4.84. The van der Waals surface area contributed by atoms with E-state index in [1.54, 1.807) is 12.1 Å². The fraction of sp³-hybridized carbons (Fsp3) is 0.100. The van der Waals surface area contributed by atoms with E-state index in [-0.39, 0.29) is 5.63 Å². The summed E-state index contributed by atoms with van der Waals surface area (Å²) in [5.41, 5.74) is -5.29. The van der Waals surface area contributed by atoms with Gasteiger partial charge in [0.25, 0.3) is 0 Å². The summed E-state index contributed by atoms with van der Waals surface area (Å²) in [5.74, 6) is 0. The molecule has 0 unspecified atom stereocenters. The van der Waals surface area contributed by atoms with Crippen molar-refractivity contribution < 1.29 is 30.6 Å². The molecule has 10 heteroatoms. The smallest absolute Gasteiger partial charge is 0.423 e. The van der Waals surface area contributed by atoms with Gasteiger partial charge in [0.15, 0.2) is 0 Å². The Bertz CT molecular complexity index is 764. The molecule has 1 aromatic carbocycles. The lowest BCUT2D eigenvalue weighted by Gasteiger charge is -1.97. The highest BCUT2D eigenvalue weighted by atomic mass is 32.2. The van der Waals surface area contributed by atoms with Gasteiger partial charge in [-0.05, 0) is 18.2 Å². The van der Waals surface area contributed by atoms with Gasteiger partial charge in [-0.25, -0.2) is 4.79 Å². The summed E-state index contributed by atoms with van der Waals surface area (Å²) in [6.45, 7) is 0. The van der Waals surface area contributed by atoms with Crippen LogP contribution in [0.1, 0.15) is 0 Å². The van der Waals surface area contributed by atoms with Gasteiger partial charge in [0, 0.05) is 16.3 Å². The molecule has 2 aromatic rings. The van der Waals surface area contributed by atoms with Crippen molar-refractivity contribution in [2.75, 3.05) is 0 Å². The minimum absolute atomic E-state index is 0.332. The minimum atomic E-state index is -5.84. The van der Waals surface area contributed by atoms with E-state index < -0.39 is 15.6 Å². The topological polar surface area (TPSA) is 84.6 Å². The molecule has 0 aliphatic carbocycles. The average Bonchev–Trinajstić information content (AvgIpc) is 2.26. The number of hydrogen-bond donors (Lipinski definition) is 2. The maximum atomic E-state index is 10.8. The Morgan fingerprint density at radius 3 is 2.15 bits per heavy atom. The van der Waals surface area contributed by atoms with E-state index in [0.29, 0.717) is 5.58 Å². The van der Waals surface area contributed by atoms with Gasteiger partial charge in [0.2, 0.25) is 0 Å². The summed E-state index contributed by atoms with van der Waals surface area (Å²) in [5, 5.41) is 0.910. The zero-order valence-electron chi connectivity index (χ0n) is 9.46. The van der Waals surface area contributed by atoms with Gasteiger partial charge in [-0.3, -0.25) is 4.55 Å². The maximum absolute atomic E-state index is 10.8. The van der Waals surface area contributed by atoms with Crippen LogP contribution < -0.4 is 5.63 Å². The van der Waals surface area contributed by atoms with Crippen molar-refractivity contribution in [3.63, 3.8) is 0 Å². The van der Waals surface area contributed by atoms with E-state index in [4.69, 9.17) is 17.4 Å². The van der Waals surface area contributed by atoms with Crippen molar-refractivity contribution in [2.45, 2.75) is 10.4 Å². The second-order valence-electron chi connectivity index (χ2n) is 3.40. The number of rotatable bonds is 0. The van der Waals surface area contributed by atoms with Crippen LogP contribution in [0.15, 0.2) is 44.4 Å². The molecule has 5 nitrogen and oxygen atoms in total. The van der Waals surface area contributed by atoms with Crippen LogP contribution in [0.4, 0.5) is 13.2 Å². The normalized spacial score (nSPS) is 11.8. The largest absolute Gasteiger partial charge is 0.522 e. The summed E-state index contributed by atoms with van der Waals surface area (Å²) in [4.78, 5) is 11.6. The zero-order chi connectivity index (χ0) is 15.6. The molecule has 0 saturated carbocycles. The summed E-state index contributed by atoms with van der Waals surface area (Å²) >= 11 is 4.13. The van der Waals surface area contributed by atoms with E-state index in [1.807, 2.05) is 12.1 Å². The molecule has 1 N–H and O–H groups in total. The molecule has 0 bridgehead atoms. The van der Waals surface area contributed by atoms with Crippen molar-refractivity contribution in [1.82, 2.24) is 0 Å². The molecule has 110 valence electrons. The standard InChI is InChI=1S/C9H6O2S.CHF3O3S/c10-9-4-2-6-1-3-7(12)5-8(6)11-9;2-1(3,4)8(5,6)7/h1-5,12H;(H,5,6,7). The highest BCUT2D eigenvalue weighted by Gasteiger charge is 2.44. The monoisotopic (exact) mass is 328 g/mol. The molecule has 20 heavy (non-hydrogen) atoms. The van der Waals surface area contributed by atoms with E-state index in [0.717, 1.165) is 10.3 Å². The lowest BCUT2D eigenvalue weighted by atomic mass is 10.2. The number of benzene rings is 1. The SMILES string of the molecule is O=S(=O)(O)C(F)(F)F.O=c1ccc2ccc(S)cc2o1. The third-order valence-corrected chi connectivity index (χ3v) is 2.76. The fourth-order valence-corrected chi connectivity index (χ4v) is 1.24. The second-order valence-corrected chi connectivity index (χ2v) is 5.33. The summed E-state index contributed by atoms with van der Waals surface area (Å²) in [6.07, 6.45) is 0. The average molecular weight is 328 g/mol. The van der Waals surface area contributed by atoms with Crippen LogP contribution in [0.3, 0.4) is 0 Å². The van der Waals surface area contributed by atoms with Crippen LogP contribution in [0.2, 0.25) is 0 Å². The first-order chi connectivity index (χ1) is 9.00. The molecule has 0 spiro atoms. The van der Waals surface area contributed by atoms with Gasteiger partial charge in [-0.15, -0.1) is 12.6 Å². The molecule has 0 aliphatic rings. The van der Waals surface area contributed by atoms with Crippen molar-refractivity contribution in [3.8, 4) is 0 Å². The molecular weight excluding hydrogens is 321 g/mol. The Morgan fingerprint density at radius 2 is 1.65 bits per heavy atom. The fourth-order valence-electron chi connectivity index (χ4n) is 1.05. The van der Waals surface area contributed by atoms with Gasteiger partial charge in [-0.2, -0.15) is 21.6 Å². The van der Waals surface area contributed by atoms with Crippen LogP contribution >= 0.6 is 12.6 Å². The van der Waals surface area contributed by atoms with Gasteiger partial charge < -0.3 is 4.42 Å². The Balaban J connectivity index is 0.000000221. The van der Waals surface area contributed by atoms with Crippen LogP contribution in [-0.4, -0.2) is 18.5 Å². The minimum Gasteiger partial charge on any atom is -0.423 e. The van der Waals surface area contributed by atoms with Crippen molar-refractivity contribution in [3.05, 3.63) is 40.8 Å². The number of hydrogen-bond acceptors (Lipinski definition) is 5. The highest BCUT2D eigenvalue weighted by molar-refractivity contribution is 7.86. The first kappa shape index (κ1) is 16.5. The van der Waals surface area contributed by atoms with Crippen LogP contribution in [0.25, 0.3) is 11.0 Å².